The van der Waals surface area contributed by atoms with Crippen LogP contribution in [0.4, 0.5) is 29.5 Å². The van der Waals surface area contributed by atoms with E-state index in [9.17, 15) is 18.0 Å². The Labute approximate surface area is 211 Å². The first-order valence-electron chi connectivity index (χ1n) is 11.7. The van der Waals surface area contributed by atoms with Gasteiger partial charge in [0, 0.05) is 61.8 Å². The van der Waals surface area contributed by atoms with Gasteiger partial charge in [-0.3, -0.25) is 19.9 Å². The van der Waals surface area contributed by atoms with Gasteiger partial charge in [0.15, 0.2) is 5.82 Å². The number of ether oxygens (including phenoxy) is 1. The first kappa shape index (κ1) is 24.7. The molecule has 0 saturated carbocycles. The van der Waals surface area contributed by atoms with Crippen molar-refractivity contribution in [3.8, 4) is 11.3 Å². The van der Waals surface area contributed by atoms with Gasteiger partial charge in [-0.25, -0.2) is 4.79 Å². The molecule has 1 fully saturated rings. The Bertz CT molecular complexity index is 1430. The molecule has 2 amide bonds. The quantitative estimate of drug-likeness (QED) is 0.389. The van der Waals surface area contributed by atoms with E-state index >= 15 is 0 Å². The van der Waals surface area contributed by atoms with Crippen molar-refractivity contribution in [1.82, 2.24) is 19.7 Å². The number of carbonyl (C=O) groups is 1. The van der Waals surface area contributed by atoms with E-state index < -0.39 is 17.8 Å². The predicted octanol–water partition coefficient (Wildman–Crippen LogP) is 5.13. The third-order valence-electron chi connectivity index (χ3n) is 6.23. The number of rotatable bonds is 5. The number of aromatic nitrogens is 3. The van der Waals surface area contributed by atoms with Crippen LogP contribution in [0.3, 0.4) is 0 Å². The van der Waals surface area contributed by atoms with Crippen LogP contribution in [0, 0.1) is 0 Å². The summed E-state index contributed by atoms with van der Waals surface area (Å²) < 4.78 is 48.2. The van der Waals surface area contributed by atoms with E-state index in [-0.39, 0.29) is 23.6 Å². The number of fused-ring (bicyclic) bond motifs is 1. The van der Waals surface area contributed by atoms with Crippen molar-refractivity contribution in [2.75, 3.05) is 36.9 Å². The number of morpholine rings is 1. The Balaban J connectivity index is 1.30. The number of urea groups is 1. The molecule has 1 saturated heterocycles. The van der Waals surface area contributed by atoms with Gasteiger partial charge in [0.05, 0.1) is 24.5 Å². The first-order chi connectivity index (χ1) is 17.8. The Kier molecular flexibility index (Phi) is 6.81. The summed E-state index contributed by atoms with van der Waals surface area (Å²) in [5, 5.41) is 11.4. The molecule has 0 unspecified atom stereocenters. The summed E-state index contributed by atoms with van der Waals surface area (Å²) in [4.78, 5) is 18.7. The normalized spacial score (nSPS) is 14.6. The monoisotopic (exact) mass is 510 g/mol. The molecule has 4 aromatic rings. The van der Waals surface area contributed by atoms with Crippen LogP contribution in [0.25, 0.3) is 22.0 Å². The standard InChI is InChI=1S/C26H25F3N6O2/c1-34-23(18-3-2-17-6-7-30-15-20(17)12-18)14-24(33-34)32-25(36)31-21-5-4-19(22(13-21)26(27,28)29)16-35-8-10-37-11-9-35/h2-7,12-15H,8-11,16H2,1H3,(H2,31,32,33,36). The molecule has 3 heterocycles. The zero-order chi connectivity index (χ0) is 26.0. The highest BCUT2D eigenvalue weighted by molar-refractivity contribution is 5.99. The van der Waals surface area contributed by atoms with Gasteiger partial charge in [0.25, 0.3) is 0 Å². The van der Waals surface area contributed by atoms with Gasteiger partial charge >= 0.3 is 12.2 Å². The average molecular weight is 511 g/mol. The van der Waals surface area contributed by atoms with Gasteiger partial charge in [-0.1, -0.05) is 18.2 Å². The van der Waals surface area contributed by atoms with Crippen molar-refractivity contribution in [3.63, 3.8) is 0 Å². The predicted molar refractivity (Wildman–Crippen MR) is 134 cm³/mol. The lowest BCUT2D eigenvalue weighted by molar-refractivity contribution is -0.138. The molecular formula is C26H25F3N6O2. The zero-order valence-electron chi connectivity index (χ0n) is 20.0. The van der Waals surface area contributed by atoms with Crippen LogP contribution in [0.2, 0.25) is 0 Å². The Morgan fingerprint density at radius 2 is 1.84 bits per heavy atom. The van der Waals surface area contributed by atoms with Gasteiger partial charge in [0.2, 0.25) is 0 Å². The number of hydrogen-bond acceptors (Lipinski definition) is 5. The molecule has 2 aromatic carbocycles. The maximum Gasteiger partial charge on any atom is 0.416 e. The second-order valence-electron chi connectivity index (χ2n) is 8.81. The van der Waals surface area contributed by atoms with E-state index in [0.717, 1.165) is 28.1 Å². The number of benzene rings is 2. The maximum atomic E-state index is 13.8. The van der Waals surface area contributed by atoms with Gasteiger partial charge in [0.1, 0.15) is 0 Å². The molecule has 8 nitrogen and oxygen atoms in total. The molecule has 5 rings (SSSR count). The molecule has 37 heavy (non-hydrogen) atoms. The lowest BCUT2D eigenvalue weighted by Crippen LogP contribution is -2.36. The SMILES string of the molecule is Cn1nc(NC(=O)Nc2ccc(CN3CCOCC3)c(C(F)(F)F)c2)cc1-c1ccc2ccncc2c1. The molecule has 0 aliphatic carbocycles. The summed E-state index contributed by atoms with van der Waals surface area (Å²) in [6.45, 7) is 2.29. The third kappa shape index (κ3) is 5.73. The van der Waals surface area contributed by atoms with Gasteiger partial charge < -0.3 is 10.1 Å². The third-order valence-corrected chi connectivity index (χ3v) is 6.23. The molecule has 0 spiro atoms. The molecule has 0 atom stereocenters. The Hall–Kier alpha value is -3.96. The Morgan fingerprint density at radius 3 is 2.62 bits per heavy atom. The lowest BCUT2D eigenvalue weighted by Gasteiger charge is -2.27. The molecule has 192 valence electrons. The molecule has 0 radical (unpaired) electrons. The van der Waals surface area contributed by atoms with E-state index in [4.69, 9.17) is 4.74 Å². The number of aryl methyl sites for hydroxylation is 1. The molecule has 2 N–H and O–H groups in total. The fourth-order valence-corrected chi connectivity index (χ4v) is 4.38. The number of carbonyl (C=O) groups excluding carboxylic acids is 1. The van der Waals surface area contributed by atoms with E-state index in [0.29, 0.717) is 26.3 Å². The van der Waals surface area contributed by atoms with Crippen LogP contribution in [0.15, 0.2) is 60.9 Å². The van der Waals surface area contributed by atoms with Crippen LogP contribution in [-0.4, -0.2) is 52.0 Å². The number of nitrogens with zero attached hydrogens (tertiary/aromatic N) is 4. The summed E-state index contributed by atoms with van der Waals surface area (Å²) in [5.41, 5.74) is 1.05. The van der Waals surface area contributed by atoms with Crippen molar-refractivity contribution < 1.29 is 22.7 Å². The van der Waals surface area contributed by atoms with E-state index in [1.807, 2.05) is 29.2 Å². The second kappa shape index (κ2) is 10.2. The van der Waals surface area contributed by atoms with Crippen molar-refractivity contribution in [1.29, 1.82) is 0 Å². The summed E-state index contributed by atoms with van der Waals surface area (Å²) in [6.07, 6.45) is -1.06. The van der Waals surface area contributed by atoms with Crippen LogP contribution in [0.1, 0.15) is 11.1 Å². The summed E-state index contributed by atoms with van der Waals surface area (Å²) >= 11 is 0. The fraction of sp³-hybridized carbons (Fsp3) is 0.269. The number of halogens is 3. The number of pyridine rings is 1. The lowest BCUT2D eigenvalue weighted by atomic mass is 10.0. The minimum absolute atomic E-state index is 0.0359. The zero-order valence-corrected chi connectivity index (χ0v) is 20.0. The highest BCUT2D eigenvalue weighted by Gasteiger charge is 2.34. The average Bonchev–Trinajstić information content (AvgIpc) is 3.24. The van der Waals surface area contributed by atoms with Crippen molar-refractivity contribution in [2.24, 2.45) is 7.05 Å². The van der Waals surface area contributed by atoms with Crippen LogP contribution in [-0.2, 0) is 24.5 Å². The van der Waals surface area contributed by atoms with Crippen LogP contribution < -0.4 is 10.6 Å². The van der Waals surface area contributed by atoms with Crippen LogP contribution in [0.5, 0.6) is 0 Å². The molecular weight excluding hydrogens is 485 g/mol. The first-order valence-corrected chi connectivity index (χ1v) is 11.7. The minimum atomic E-state index is -4.55. The van der Waals surface area contributed by atoms with Crippen molar-refractivity contribution >= 4 is 28.3 Å². The van der Waals surface area contributed by atoms with E-state index in [1.54, 1.807) is 30.2 Å². The van der Waals surface area contributed by atoms with E-state index in [1.165, 1.54) is 12.1 Å². The topological polar surface area (TPSA) is 84.3 Å². The number of hydrogen-bond donors (Lipinski definition) is 2. The maximum absolute atomic E-state index is 13.8. The van der Waals surface area contributed by atoms with Gasteiger partial charge in [-0.05, 0) is 35.2 Å². The Morgan fingerprint density at radius 1 is 1.03 bits per heavy atom. The molecule has 1 aliphatic rings. The minimum Gasteiger partial charge on any atom is -0.379 e. The van der Waals surface area contributed by atoms with Gasteiger partial charge in [-0.2, -0.15) is 18.3 Å². The summed E-state index contributed by atoms with van der Waals surface area (Å²) in [5.74, 6) is 0.265. The molecule has 1 aliphatic heterocycles. The summed E-state index contributed by atoms with van der Waals surface area (Å²) in [7, 11) is 1.74. The summed E-state index contributed by atoms with van der Waals surface area (Å²) in [6, 6.07) is 12.6. The van der Waals surface area contributed by atoms with Crippen molar-refractivity contribution in [3.05, 3.63) is 72.1 Å². The largest absolute Gasteiger partial charge is 0.416 e. The molecule has 2 aromatic heterocycles. The number of anilines is 2. The van der Waals surface area contributed by atoms with E-state index in [2.05, 4.69) is 20.7 Å². The highest BCUT2D eigenvalue weighted by Crippen LogP contribution is 2.34. The van der Waals surface area contributed by atoms with Gasteiger partial charge in [-0.15, -0.1) is 0 Å². The number of nitrogens with one attached hydrogen (secondary N) is 2. The fourth-order valence-electron chi connectivity index (χ4n) is 4.38. The molecule has 11 heteroatoms. The number of amides is 2. The smallest absolute Gasteiger partial charge is 0.379 e. The molecule has 0 bridgehead atoms. The van der Waals surface area contributed by atoms with Crippen molar-refractivity contribution in [2.45, 2.75) is 12.7 Å². The number of alkyl halides is 3. The van der Waals surface area contributed by atoms with Crippen LogP contribution >= 0.6 is 0 Å². The second-order valence-corrected chi connectivity index (χ2v) is 8.81. The highest BCUT2D eigenvalue weighted by atomic mass is 19.4.